The molecule has 16 fully saturated rings. The van der Waals surface area contributed by atoms with E-state index in [4.69, 9.17) is 20.0 Å². The molecule has 2 heterocycles. The normalized spacial score (nSPS) is 57.6. The molecule has 0 N–H and O–H groups in total. The number of rotatable bonds is 4. The van der Waals surface area contributed by atoms with Crippen molar-refractivity contribution in [1.29, 1.82) is 0 Å². The molecule has 0 aromatic heterocycles. The van der Waals surface area contributed by atoms with E-state index in [0.29, 0.717) is 21.7 Å². The predicted molar refractivity (Wildman–Crippen MR) is 202 cm³/mol. The molecule has 274 valence electrons. The molecule has 2 aliphatic heterocycles. The van der Waals surface area contributed by atoms with E-state index in [0.717, 1.165) is 71.0 Å². The molecule has 0 unspecified atom stereocenters. The van der Waals surface area contributed by atoms with E-state index in [2.05, 4.69) is 0 Å². The summed E-state index contributed by atoms with van der Waals surface area (Å²) in [6.45, 7) is 0. The quantitative estimate of drug-likeness (QED) is 0.256. The minimum atomic E-state index is 0.165. The summed E-state index contributed by atoms with van der Waals surface area (Å²) in [6, 6.07) is 0. The first-order valence-corrected chi connectivity index (χ1v) is 24.1. The fourth-order valence-electron chi connectivity index (χ4n) is 19.8. The van der Waals surface area contributed by atoms with Crippen molar-refractivity contribution < 1.29 is 17.1 Å². The van der Waals surface area contributed by atoms with Crippen molar-refractivity contribution in [1.82, 2.24) is 0 Å². The minimum absolute atomic E-state index is 0.165. The standard InChI is InChI=1S/2C23H30N2.Pd/c2*1-14-2-16-3-15(1)8-22(7-14,9-16)20-21(25-13-24-20)23-10-17-4-18(11-23)6-19(5-17)12-23;/h2*14-19H,1-12H2;. The Morgan fingerprint density at radius 3 is 0.588 bits per heavy atom. The Morgan fingerprint density at radius 2 is 0.431 bits per heavy atom. The van der Waals surface area contributed by atoms with Gasteiger partial charge in [0.25, 0.3) is 0 Å². The summed E-state index contributed by atoms with van der Waals surface area (Å²) in [7, 11) is 0. The Morgan fingerprint density at radius 1 is 0.275 bits per heavy atom. The van der Waals surface area contributed by atoms with Gasteiger partial charge < -0.3 is 0 Å². The van der Waals surface area contributed by atoms with E-state index >= 15 is 0 Å². The number of hydrogen-bond donors (Lipinski definition) is 0. The molecule has 18 rings (SSSR count). The van der Waals surface area contributed by atoms with Crippen LogP contribution in [0.25, 0.3) is 0 Å². The van der Waals surface area contributed by atoms with Crippen LogP contribution in [0.4, 0.5) is 0 Å². The number of nitrogens with zero attached hydrogens (tertiary/aromatic N) is 4. The summed E-state index contributed by atoms with van der Waals surface area (Å²) in [6.07, 6.45) is 35.2. The average Bonchev–Trinajstić information content (AvgIpc) is 3.70. The maximum absolute atomic E-state index is 5.91. The van der Waals surface area contributed by atoms with Crippen LogP contribution in [0.5, 0.6) is 0 Å². The molecule has 16 aliphatic carbocycles. The summed E-state index contributed by atoms with van der Waals surface area (Å²) in [5.41, 5.74) is 7.56. The van der Waals surface area contributed by atoms with Crippen LogP contribution in [0.2, 0.25) is 0 Å². The van der Waals surface area contributed by atoms with E-state index < -0.39 is 0 Å². The Balaban J connectivity index is 0.934. The van der Waals surface area contributed by atoms with Gasteiger partial charge >= 0.3 is 315 Å². The first kappa shape index (κ1) is 30.3. The second-order valence-electron chi connectivity index (χ2n) is 23.2. The Labute approximate surface area is 313 Å². The zero-order valence-corrected chi connectivity index (χ0v) is 32.6. The van der Waals surface area contributed by atoms with Crippen LogP contribution in [-0.4, -0.2) is 31.3 Å². The molecule has 16 bridgehead atoms. The molecule has 16 saturated carbocycles. The Kier molecular flexibility index (Phi) is 5.99. The molecule has 0 atom stereocenters. The summed E-state index contributed by atoms with van der Waals surface area (Å²) in [4.78, 5) is 23.6. The van der Waals surface area contributed by atoms with Gasteiger partial charge in [0.1, 0.15) is 0 Å². The van der Waals surface area contributed by atoms with Gasteiger partial charge in [-0.3, -0.25) is 0 Å². The van der Waals surface area contributed by atoms with E-state index in [-0.39, 0.29) is 17.1 Å². The molecule has 0 radical (unpaired) electrons. The molecular weight excluding hydrogens is 715 g/mol. The van der Waals surface area contributed by atoms with Crippen molar-refractivity contribution in [2.24, 2.45) is 113 Å². The van der Waals surface area contributed by atoms with Gasteiger partial charge in [0.05, 0.1) is 0 Å². The topological polar surface area (TPSA) is 49.4 Å². The van der Waals surface area contributed by atoms with Crippen molar-refractivity contribution in [3.8, 4) is 0 Å². The SMILES string of the molecule is C1C2CC3CC1CC(C1=N[C](=[Pd]=[C]4N=C(C56CC7CC(CC(C7)C5)C6)C(C56CC7CC(CC(C7)C5)C6)=N4)N=C1C14CC5CC(CC(C5)C1)C4)(C2)C3. The van der Waals surface area contributed by atoms with Gasteiger partial charge in [-0.05, 0) is 0 Å². The third kappa shape index (κ3) is 4.30. The van der Waals surface area contributed by atoms with Crippen LogP contribution < -0.4 is 0 Å². The van der Waals surface area contributed by atoms with Crippen molar-refractivity contribution >= 4 is 31.3 Å². The fourth-order valence-corrected chi connectivity index (χ4v) is 21.2. The van der Waals surface area contributed by atoms with Gasteiger partial charge in [-0.2, -0.15) is 0 Å². The van der Waals surface area contributed by atoms with Crippen molar-refractivity contribution in [2.75, 3.05) is 0 Å². The molecule has 51 heavy (non-hydrogen) atoms. The Bertz CT molecular complexity index is 1440. The van der Waals surface area contributed by atoms with Gasteiger partial charge in [-0.1, -0.05) is 0 Å². The van der Waals surface area contributed by atoms with Crippen LogP contribution in [-0.2, 0) is 17.1 Å². The molecule has 18 aliphatic rings. The maximum atomic E-state index is 5.91. The summed E-state index contributed by atoms with van der Waals surface area (Å²) >= 11 is 0.165. The van der Waals surface area contributed by atoms with Crippen LogP contribution in [0, 0.1) is 92.7 Å². The monoisotopic (exact) mass is 774 g/mol. The van der Waals surface area contributed by atoms with E-state index in [1.807, 2.05) is 0 Å². The van der Waals surface area contributed by atoms with Crippen LogP contribution in [0.3, 0.4) is 0 Å². The van der Waals surface area contributed by atoms with E-state index in [9.17, 15) is 0 Å². The van der Waals surface area contributed by atoms with Crippen molar-refractivity contribution in [3.63, 3.8) is 0 Å². The first-order chi connectivity index (χ1) is 24.8. The van der Waals surface area contributed by atoms with Gasteiger partial charge in [-0.15, -0.1) is 0 Å². The van der Waals surface area contributed by atoms with Crippen LogP contribution in [0.15, 0.2) is 20.0 Å². The second kappa shape index (κ2) is 10.1. The van der Waals surface area contributed by atoms with Gasteiger partial charge in [0, 0.05) is 0 Å². The average molecular weight is 775 g/mol. The van der Waals surface area contributed by atoms with Gasteiger partial charge in [0.2, 0.25) is 0 Å². The fraction of sp³-hybridized carbons (Fsp3) is 0.870. The first-order valence-electron chi connectivity index (χ1n) is 22.5. The molecule has 0 aromatic rings. The molecule has 0 spiro atoms. The molecule has 0 amide bonds. The van der Waals surface area contributed by atoms with Crippen molar-refractivity contribution in [3.05, 3.63) is 0 Å². The second-order valence-corrected chi connectivity index (χ2v) is 25.0. The van der Waals surface area contributed by atoms with E-state index in [1.165, 1.54) is 163 Å². The van der Waals surface area contributed by atoms with E-state index in [1.54, 1.807) is 22.8 Å². The summed E-state index contributed by atoms with van der Waals surface area (Å²) in [5.74, 6) is 11.4. The van der Waals surface area contributed by atoms with Gasteiger partial charge in [-0.25, -0.2) is 0 Å². The Hall–Kier alpha value is -0.918. The zero-order chi connectivity index (χ0) is 32.9. The predicted octanol–water partition coefficient (Wildman–Crippen LogP) is 9.90. The summed E-state index contributed by atoms with van der Waals surface area (Å²) in [5, 5.41) is 0. The number of hydrogen-bond acceptors (Lipinski definition) is 4. The molecule has 4 nitrogen and oxygen atoms in total. The van der Waals surface area contributed by atoms with Crippen LogP contribution in [0.1, 0.15) is 154 Å². The van der Waals surface area contributed by atoms with Crippen LogP contribution >= 0.6 is 0 Å². The number of aliphatic imine (C=N–C) groups is 4. The summed E-state index contributed by atoms with van der Waals surface area (Å²) < 4.78 is 2.36. The molecular formula is C46H60N4Pd. The molecule has 0 aromatic carbocycles. The van der Waals surface area contributed by atoms with Crippen molar-refractivity contribution in [2.45, 2.75) is 154 Å². The molecule has 5 heteroatoms. The third-order valence-corrected chi connectivity index (χ3v) is 20.9. The zero-order valence-electron chi connectivity index (χ0n) is 31.0. The molecule has 0 saturated heterocycles. The third-order valence-electron chi connectivity index (χ3n) is 19.5. The van der Waals surface area contributed by atoms with Gasteiger partial charge in [0.15, 0.2) is 0 Å².